The highest BCUT2D eigenvalue weighted by Crippen LogP contribution is 2.24. The van der Waals surface area contributed by atoms with Gasteiger partial charge in [0.05, 0.1) is 0 Å². The number of benzene rings is 1. The lowest BCUT2D eigenvalue weighted by Gasteiger charge is -2.17. The molecule has 0 bridgehead atoms. The van der Waals surface area contributed by atoms with Crippen molar-refractivity contribution in [3.63, 3.8) is 0 Å². The summed E-state index contributed by atoms with van der Waals surface area (Å²) in [5.74, 6) is -1.02. The van der Waals surface area contributed by atoms with Crippen LogP contribution in [0.25, 0.3) is 0 Å². The molecule has 1 aromatic carbocycles. The highest BCUT2D eigenvalue weighted by molar-refractivity contribution is 5.94. The number of hydrogen-bond donors (Lipinski definition) is 3. The van der Waals surface area contributed by atoms with Crippen LogP contribution in [-0.4, -0.2) is 40.2 Å². The second-order valence-electron chi connectivity index (χ2n) is 4.98. The predicted octanol–water partition coefficient (Wildman–Crippen LogP) is 2.35. The average molecular weight is 278 g/mol. The number of carbonyl (C=O) groups excluding carboxylic acids is 1. The minimum atomic E-state index is -1.20. The first-order valence-electron chi connectivity index (χ1n) is 6.63. The van der Waals surface area contributed by atoms with E-state index >= 15 is 0 Å². The number of rotatable bonds is 3. The van der Waals surface area contributed by atoms with Crippen LogP contribution in [0.5, 0.6) is 5.75 Å². The number of carbonyl (C=O) groups is 2. The van der Waals surface area contributed by atoms with Gasteiger partial charge in [0.2, 0.25) is 0 Å². The Labute approximate surface area is 117 Å². The van der Waals surface area contributed by atoms with Gasteiger partial charge >= 0.3 is 12.0 Å². The summed E-state index contributed by atoms with van der Waals surface area (Å²) in [5, 5.41) is 21.1. The molecule has 108 valence electrons. The number of nitrogens with one attached hydrogen (secondary N) is 1. The van der Waals surface area contributed by atoms with Crippen molar-refractivity contribution in [2.24, 2.45) is 5.92 Å². The molecule has 0 saturated carbocycles. The van der Waals surface area contributed by atoms with Crippen molar-refractivity contribution in [2.75, 3.05) is 18.4 Å². The lowest BCUT2D eigenvalue weighted by atomic mass is 10.1. The van der Waals surface area contributed by atoms with Crippen LogP contribution in [0, 0.1) is 5.92 Å². The van der Waals surface area contributed by atoms with Gasteiger partial charge in [-0.15, -0.1) is 0 Å². The van der Waals surface area contributed by atoms with Crippen LogP contribution in [0.2, 0.25) is 0 Å². The molecule has 1 aliphatic rings. The third-order valence-electron chi connectivity index (χ3n) is 3.63. The lowest BCUT2D eigenvalue weighted by Crippen LogP contribution is -2.32. The first kappa shape index (κ1) is 14.2. The normalized spacial score (nSPS) is 18.1. The molecule has 6 heteroatoms. The Balaban J connectivity index is 2.02. The van der Waals surface area contributed by atoms with Crippen LogP contribution in [0.1, 0.15) is 30.1 Å². The van der Waals surface area contributed by atoms with Crippen molar-refractivity contribution < 1.29 is 19.8 Å². The number of phenols is 1. The summed E-state index contributed by atoms with van der Waals surface area (Å²) < 4.78 is 0. The predicted molar refractivity (Wildman–Crippen MR) is 74.1 cm³/mol. The van der Waals surface area contributed by atoms with Crippen LogP contribution in [-0.2, 0) is 0 Å². The molecule has 20 heavy (non-hydrogen) atoms. The summed E-state index contributed by atoms with van der Waals surface area (Å²) in [7, 11) is 0. The molecule has 1 aromatic rings. The number of carboxylic acid groups (broad SMARTS) is 1. The number of anilines is 1. The van der Waals surface area contributed by atoms with E-state index in [1.165, 1.54) is 18.2 Å². The van der Waals surface area contributed by atoms with Gasteiger partial charge in [0.1, 0.15) is 11.3 Å². The highest BCUT2D eigenvalue weighted by Gasteiger charge is 2.25. The fourth-order valence-electron chi connectivity index (χ4n) is 2.34. The lowest BCUT2D eigenvalue weighted by molar-refractivity contribution is 0.0694. The Morgan fingerprint density at radius 2 is 2.20 bits per heavy atom. The summed E-state index contributed by atoms with van der Waals surface area (Å²) >= 11 is 0. The molecule has 1 heterocycles. The summed E-state index contributed by atoms with van der Waals surface area (Å²) in [5.41, 5.74) is 0.202. The molecule has 0 aromatic heterocycles. The van der Waals surface area contributed by atoms with Crippen molar-refractivity contribution in [3.05, 3.63) is 23.8 Å². The molecule has 1 fully saturated rings. The Kier molecular flexibility index (Phi) is 4.12. The van der Waals surface area contributed by atoms with E-state index in [4.69, 9.17) is 5.11 Å². The monoisotopic (exact) mass is 278 g/mol. The zero-order valence-corrected chi connectivity index (χ0v) is 11.3. The minimum Gasteiger partial charge on any atom is -0.507 e. The maximum atomic E-state index is 12.0. The zero-order valence-electron chi connectivity index (χ0n) is 11.3. The van der Waals surface area contributed by atoms with Gasteiger partial charge in [-0.1, -0.05) is 13.3 Å². The van der Waals surface area contributed by atoms with E-state index in [9.17, 15) is 14.7 Å². The van der Waals surface area contributed by atoms with Gasteiger partial charge in [0, 0.05) is 24.8 Å². The quantitative estimate of drug-likeness (QED) is 0.791. The van der Waals surface area contributed by atoms with Crippen LogP contribution in [0.3, 0.4) is 0 Å². The third kappa shape index (κ3) is 3.01. The van der Waals surface area contributed by atoms with E-state index in [1.807, 2.05) is 0 Å². The van der Waals surface area contributed by atoms with E-state index in [1.54, 1.807) is 4.90 Å². The minimum absolute atomic E-state index is 0.185. The van der Waals surface area contributed by atoms with Gasteiger partial charge in [0.25, 0.3) is 0 Å². The van der Waals surface area contributed by atoms with Gasteiger partial charge in [-0.3, -0.25) is 0 Å². The Morgan fingerprint density at radius 1 is 1.45 bits per heavy atom. The maximum absolute atomic E-state index is 12.0. The van der Waals surface area contributed by atoms with Crippen molar-refractivity contribution in [1.29, 1.82) is 0 Å². The molecule has 1 aliphatic heterocycles. The van der Waals surface area contributed by atoms with Gasteiger partial charge in [-0.05, 0) is 24.5 Å². The fourth-order valence-corrected chi connectivity index (χ4v) is 2.34. The first-order chi connectivity index (χ1) is 9.51. The molecule has 2 rings (SSSR count). The second kappa shape index (κ2) is 5.81. The van der Waals surface area contributed by atoms with E-state index in [0.29, 0.717) is 11.6 Å². The van der Waals surface area contributed by atoms with Crippen molar-refractivity contribution in [3.8, 4) is 5.75 Å². The zero-order chi connectivity index (χ0) is 14.7. The number of amides is 2. The largest absolute Gasteiger partial charge is 0.507 e. The van der Waals surface area contributed by atoms with Gasteiger partial charge in [0.15, 0.2) is 0 Å². The summed E-state index contributed by atoms with van der Waals surface area (Å²) in [4.78, 5) is 24.5. The second-order valence-corrected chi connectivity index (χ2v) is 4.98. The maximum Gasteiger partial charge on any atom is 0.339 e. The molecule has 0 aliphatic carbocycles. The van der Waals surface area contributed by atoms with E-state index < -0.39 is 5.97 Å². The number of nitrogens with zero attached hydrogens (tertiary/aromatic N) is 1. The molecule has 6 nitrogen and oxygen atoms in total. The third-order valence-corrected chi connectivity index (χ3v) is 3.63. The smallest absolute Gasteiger partial charge is 0.339 e. The molecule has 0 radical (unpaired) electrons. The van der Waals surface area contributed by atoms with Gasteiger partial charge in [-0.25, -0.2) is 9.59 Å². The number of urea groups is 1. The summed E-state index contributed by atoms with van der Waals surface area (Å²) in [6, 6.07) is 3.76. The van der Waals surface area contributed by atoms with Crippen molar-refractivity contribution >= 4 is 17.7 Å². The van der Waals surface area contributed by atoms with Crippen LogP contribution >= 0.6 is 0 Å². The van der Waals surface area contributed by atoms with E-state index in [0.717, 1.165) is 25.9 Å². The topological polar surface area (TPSA) is 89.9 Å². The standard InChI is InChI=1S/C14H18N2O4/c1-2-9-5-6-16(8-9)14(20)15-10-3-4-11(13(18)19)12(17)7-10/h3-4,7,9,17H,2,5-6,8H2,1H3,(H,15,20)(H,18,19). The molecule has 1 saturated heterocycles. The Hall–Kier alpha value is -2.24. The SMILES string of the molecule is CCC1CCN(C(=O)Nc2ccc(C(=O)O)c(O)c2)C1. The Morgan fingerprint density at radius 3 is 2.75 bits per heavy atom. The number of aromatic hydroxyl groups is 1. The molecule has 0 spiro atoms. The van der Waals surface area contributed by atoms with Gasteiger partial charge < -0.3 is 20.4 Å². The average Bonchev–Trinajstić information content (AvgIpc) is 2.87. The fraction of sp³-hybridized carbons (Fsp3) is 0.429. The van der Waals surface area contributed by atoms with Crippen LogP contribution in [0.4, 0.5) is 10.5 Å². The molecule has 1 unspecified atom stereocenters. The number of carboxylic acids is 1. The Bertz CT molecular complexity index is 530. The number of hydrogen-bond acceptors (Lipinski definition) is 3. The summed E-state index contributed by atoms with van der Waals surface area (Å²) in [6.45, 7) is 3.57. The van der Waals surface area contributed by atoms with Crippen LogP contribution in [0.15, 0.2) is 18.2 Å². The molecular formula is C14H18N2O4. The summed E-state index contributed by atoms with van der Waals surface area (Å²) in [6.07, 6.45) is 2.06. The van der Waals surface area contributed by atoms with Gasteiger partial charge in [-0.2, -0.15) is 0 Å². The van der Waals surface area contributed by atoms with Crippen LogP contribution < -0.4 is 5.32 Å². The first-order valence-corrected chi connectivity index (χ1v) is 6.63. The molecule has 3 N–H and O–H groups in total. The molecular weight excluding hydrogens is 260 g/mol. The van der Waals surface area contributed by atoms with Crippen molar-refractivity contribution in [2.45, 2.75) is 19.8 Å². The van der Waals surface area contributed by atoms with E-state index in [-0.39, 0.29) is 17.3 Å². The number of aromatic carboxylic acids is 1. The van der Waals surface area contributed by atoms with Crippen molar-refractivity contribution in [1.82, 2.24) is 4.90 Å². The highest BCUT2D eigenvalue weighted by atomic mass is 16.4. The van der Waals surface area contributed by atoms with E-state index in [2.05, 4.69) is 12.2 Å². The number of likely N-dealkylation sites (tertiary alicyclic amines) is 1. The molecule has 1 atom stereocenters. The molecule has 2 amide bonds.